The van der Waals surface area contributed by atoms with E-state index in [2.05, 4.69) is 15.9 Å². The molecule has 2 bridgehead atoms. The van der Waals surface area contributed by atoms with E-state index < -0.39 is 28.0 Å². The number of non-ortho nitro benzene ring substituents is 1. The molecule has 0 aliphatic carbocycles. The van der Waals surface area contributed by atoms with Crippen LogP contribution in [-0.2, 0) is 14.3 Å². The van der Waals surface area contributed by atoms with Crippen molar-refractivity contribution in [2.45, 2.75) is 25.0 Å². The Balaban J connectivity index is 1.79. The van der Waals surface area contributed by atoms with E-state index in [9.17, 15) is 19.7 Å². The quantitative estimate of drug-likeness (QED) is 0.334. The number of rotatable bonds is 2. The number of imide groups is 1. The van der Waals surface area contributed by atoms with Crippen LogP contribution in [0.1, 0.15) is 13.8 Å². The van der Waals surface area contributed by atoms with E-state index in [-0.39, 0.29) is 17.5 Å². The predicted octanol–water partition coefficient (Wildman–Crippen LogP) is 2.58. The summed E-state index contributed by atoms with van der Waals surface area (Å²) in [5.74, 6) is -1.84. The zero-order valence-electron chi connectivity index (χ0n) is 12.9. The molecule has 4 rings (SSSR count). The third kappa shape index (κ3) is 1.75. The highest BCUT2D eigenvalue weighted by Crippen LogP contribution is 2.57. The fraction of sp³-hybridized carbons (Fsp3) is 0.375. The Morgan fingerprint density at radius 2 is 1.71 bits per heavy atom. The molecular weight excluding hydrogens is 380 g/mol. The summed E-state index contributed by atoms with van der Waals surface area (Å²) in [6.07, 6.45) is 3.68. The number of fused-ring (bicyclic) bond motifs is 5. The molecule has 0 aromatic heterocycles. The summed E-state index contributed by atoms with van der Waals surface area (Å²) in [7, 11) is 0. The van der Waals surface area contributed by atoms with Gasteiger partial charge in [0.15, 0.2) is 0 Å². The largest absolute Gasteiger partial charge is 0.359 e. The van der Waals surface area contributed by atoms with Gasteiger partial charge in [-0.25, -0.2) is 4.90 Å². The van der Waals surface area contributed by atoms with Crippen molar-refractivity contribution >= 4 is 39.1 Å². The third-order valence-corrected chi connectivity index (χ3v) is 5.74. The number of halogens is 1. The second-order valence-corrected chi connectivity index (χ2v) is 7.52. The summed E-state index contributed by atoms with van der Waals surface area (Å²) in [5, 5.41) is 10.9. The molecule has 3 aliphatic heterocycles. The smallest absolute Gasteiger partial charge is 0.270 e. The van der Waals surface area contributed by atoms with Crippen LogP contribution in [0.5, 0.6) is 0 Å². The number of nitro benzene ring substituents is 1. The maximum atomic E-state index is 12.9. The van der Waals surface area contributed by atoms with Crippen LogP contribution in [0, 0.1) is 22.0 Å². The molecule has 0 N–H and O–H groups in total. The van der Waals surface area contributed by atoms with Crippen LogP contribution >= 0.6 is 15.9 Å². The van der Waals surface area contributed by atoms with Crippen molar-refractivity contribution in [2.75, 3.05) is 4.90 Å². The molecule has 0 saturated carbocycles. The number of hydrogen-bond donors (Lipinski definition) is 0. The molecule has 2 saturated heterocycles. The van der Waals surface area contributed by atoms with Crippen molar-refractivity contribution in [1.82, 2.24) is 0 Å². The monoisotopic (exact) mass is 392 g/mol. The molecule has 124 valence electrons. The molecule has 1 aromatic rings. The topological polar surface area (TPSA) is 89.8 Å². The molecule has 0 radical (unpaired) electrons. The number of amides is 2. The number of nitrogens with zero attached hydrogens (tertiary/aromatic N) is 2. The van der Waals surface area contributed by atoms with Crippen molar-refractivity contribution in [3.05, 3.63) is 44.9 Å². The minimum atomic E-state index is -0.797. The average Bonchev–Trinajstić information content (AvgIpc) is 3.04. The van der Waals surface area contributed by atoms with Gasteiger partial charge in [-0.05, 0) is 35.8 Å². The molecule has 0 spiro atoms. The van der Waals surface area contributed by atoms with Gasteiger partial charge in [-0.15, -0.1) is 0 Å². The number of carbonyl (C=O) groups excluding carboxylic acids is 2. The van der Waals surface area contributed by atoms with E-state index in [1.807, 2.05) is 12.2 Å². The fourth-order valence-corrected chi connectivity index (χ4v) is 4.60. The number of benzene rings is 1. The molecule has 3 aliphatic rings. The molecule has 2 amide bonds. The summed E-state index contributed by atoms with van der Waals surface area (Å²) < 4.78 is 6.27. The van der Waals surface area contributed by atoms with Gasteiger partial charge >= 0.3 is 0 Å². The second kappa shape index (κ2) is 4.52. The number of carbonyl (C=O) groups is 2. The van der Waals surface area contributed by atoms with Crippen LogP contribution in [-0.4, -0.2) is 27.9 Å². The van der Waals surface area contributed by atoms with Crippen molar-refractivity contribution in [3.63, 3.8) is 0 Å². The highest BCUT2D eigenvalue weighted by atomic mass is 79.9. The van der Waals surface area contributed by atoms with Gasteiger partial charge in [0.05, 0.1) is 33.6 Å². The molecule has 3 heterocycles. The number of nitro groups is 1. The zero-order chi connectivity index (χ0) is 17.4. The summed E-state index contributed by atoms with van der Waals surface area (Å²) in [4.78, 5) is 37.3. The Morgan fingerprint density at radius 3 is 2.17 bits per heavy atom. The van der Waals surface area contributed by atoms with Crippen LogP contribution in [0.15, 0.2) is 34.8 Å². The normalized spacial score (nSPS) is 36.5. The highest BCUT2D eigenvalue weighted by Gasteiger charge is 2.70. The Labute approximate surface area is 145 Å². The Morgan fingerprint density at radius 1 is 1.17 bits per heavy atom. The molecule has 7 nitrogen and oxygen atoms in total. The third-order valence-electron chi connectivity index (χ3n) is 5.11. The van der Waals surface area contributed by atoms with Gasteiger partial charge in [-0.2, -0.15) is 0 Å². The van der Waals surface area contributed by atoms with E-state index in [1.54, 1.807) is 13.8 Å². The van der Waals surface area contributed by atoms with Crippen molar-refractivity contribution in [2.24, 2.45) is 11.8 Å². The summed E-state index contributed by atoms with van der Waals surface area (Å²) >= 11 is 3.24. The first-order valence-corrected chi connectivity index (χ1v) is 8.19. The average molecular weight is 393 g/mol. The lowest BCUT2D eigenvalue weighted by atomic mass is 9.73. The number of anilines is 1. The number of hydrogen-bond acceptors (Lipinski definition) is 5. The van der Waals surface area contributed by atoms with Crippen LogP contribution in [0.2, 0.25) is 0 Å². The van der Waals surface area contributed by atoms with E-state index in [0.29, 0.717) is 10.2 Å². The first-order valence-electron chi connectivity index (χ1n) is 7.40. The molecule has 8 heteroatoms. The molecule has 4 atom stereocenters. The highest BCUT2D eigenvalue weighted by molar-refractivity contribution is 9.10. The Hall–Kier alpha value is -2.06. The minimum absolute atomic E-state index is 0.117. The number of ether oxygens (including phenoxy) is 1. The molecule has 1 aromatic carbocycles. The van der Waals surface area contributed by atoms with Gasteiger partial charge in [-0.1, -0.05) is 12.2 Å². The zero-order valence-corrected chi connectivity index (χ0v) is 14.4. The van der Waals surface area contributed by atoms with Gasteiger partial charge in [0, 0.05) is 16.6 Å². The van der Waals surface area contributed by atoms with Crippen LogP contribution in [0.4, 0.5) is 11.4 Å². The lowest BCUT2D eigenvalue weighted by molar-refractivity contribution is -0.384. The van der Waals surface area contributed by atoms with Crippen molar-refractivity contribution < 1.29 is 19.2 Å². The summed E-state index contributed by atoms with van der Waals surface area (Å²) in [6, 6.07) is 3.98. The predicted molar refractivity (Wildman–Crippen MR) is 87.3 cm³/mol. The fourth-order valence-electron chi connectivity index (χ4n) is 4.06. The SMILES string of the molecule is C[C@]12C=C[C@](C)(O1)[C@@H]1C(=O)N(c3ccc([N+](=O)[O-])cc3Br)C(=O)[C@@H]12. The molecule has 24 heavy (non-hydrogen) atoms. The molecule has 2 fully saturated rings. The van der Waals surface area contributed by atoms with Crippen LogP contribution in [0.25, 0.3) is 0 Å². The van der Waals surface area contributed by atoms with E-state index in [4.69, 9.17) is 4.74 Å². The summed E-state index contributed by atoms with van der Waals surface area (Å²) in [6.45, 7) is 3.61. The summed E-state index contributed by atoms with van der Waals surface area (Å²) in [5.41, 5.74) is -1.40. The van der Waals surface area contributed by atoms with Crippen molar-refractivity contribution in [1.29, 1.82) is 0 Å². The van der Waals surface area contributed by atoms with E-state index in [1.165, 1.54) is 18.2 Å². The maximum Gasteiger partial charge on any atom is 0.270 e. The standard InChI is InChI=1S/C16H13BrN2O5/c1-15-5-6-16(2,24-15)12-11(15)13(20)18(14(12)21)10-4-3-8(19(22)23)7-9(10)17/h3-7,11-12H,1-2H3/t11-,12+,15-,16+. The van der Waals surface area contributed by atoms with Crippen LogP contribution < -0.4 is 4.90 Å². The first-order chi connectivity index (χ1) is 11.2. The Bertz CT molecular complexity index is 817. The van der Waals surface area contributed by atoms with Gasteiger partial charge in [0.2, 0.25) is 11.8 Å². The molecular formula is C16H13BrN2O5. The van der Waals surface area contributed by atoms with Crippen LogP contribution in [0.3, 0.4) is 0 Å². The maximum absolute atomic E-state index is 12.9. The van der Waals surface area contributed by atoms with Gasteiger partial charge < -0.3 is 4.74 Å². The second-order valence-electron chi connectivity index (χ2n) is 6.66. The Kier molecular flexibility index (Phi) is 2.91. The van der Waals surface area contributed by atoms with E-state index in [0.717, 1.165) is 4.90 Å². The first kappa shape index (κ1) is 15.5. The lowest BCUT2D eigenvalue weighted by Gasteiger charge is -2.25. The van der Waals surface area contributed by atoms with Gasteiger partial charge in [0.25, 0.3) is 5.69 Å². The van der Waals surface area contributed by atoms with Gasteiger partial charge in [-0.3, -0.25) is 19.7 Å². The van der Waals surface area contributed by atoms with Gasteiger partial charge in [0.1, 0.15) is 0 Å². The van der Waals surface area contributed by atoms with Crippen molar-refractivity contribution in [3.8, 4) is 0 Å². The minimum Gasteiger partial charge on any atom is -0.359 e. The van der Waals surface area contributed by atoms with E-state index >= 15 is 0 Å². The molecule has 0 unspecified atom stereocenters. The lowest BCUT2D eigenvalue weighted by Crippen LogP contribution is -2.39.